The van der Waals surface area contributed by atoms with Gasteiger partial charge in [-0.05, 0) is 60.2 Å². The summed E-state index contributed by atoms with van der Waals surface area (Å²) in [6.45, 7) is 0.901. The van der Waals surface area contributed by atoms with E-state index in [-0.39, 0.29) is 12.0 Å². The van der Waals surface area contributed by atoms with Crippen molar-refractivity contribution in [3.63, 3.8) is 0 Å². The van der Waals surface area contributed by atoms with Gasteiger partial charge in [-0.2, -0.15) is 0 Å². The second-order valence-corrected chi connectivity index (χ2v) is 7.45. The molecule has 0 bridgehead atoms. The maximum atomic E-state index is 13.3. The van der Waals surface area contributed by atoms with Crippen LogP contribution in [0.1, 0.15) is 22.3 Å². The molecule has 0 aliphatic heterocycles. The molecule has 7 nitrogen and oxygen atoms in total. The van der Waals surface area contributed by atoms with Gasteiger partial charge in [0.25, 0.3) is 5.91 Å². The number of rotatable bonds is 12. The number of benzene rings is 3. The van der Waals surface area contributed by atoms with Crippen molar-refractivity contribution < 1.29 is 33.3 Å². The third kappa shape index (κ3) is 7.60. The van der Waals surface area contributed by atoms with E-state index in [1.165, 1.54) is 25.3 Å². The number of nitrogens with one attached hydrogen (secondary N) is 1. The van der Waals surface area contributed by atoms with Gasteiger partial charge in [-0.1, -0.05) is 18.2 Å². The van der Waals surface area contributed by atoms with Crippen molar-refractivity contribution in [3.8, 4) is 11.5 Å². The first-order chi connectivity index (χ1) is 16.4. The smallest absolute Gasteiger partial charge is 0.333 e. The Hall–Kier alpha value is -3.91. The van der Waals surface area contributed by atoms with Gasteiger partial charge in [0.15, 0.2) is 6.10 Å². The zero-order valence-electron chi connectivity index (χ0n) is 18.7. The molecule has 3 aromatic rings. The van der Waals surface area contributed by atoms with Crippen molar-refractivity contribution in [2.75, 3.05) is 25.6 Å². The van der Waals surface area contributed by atoms with E-state index in [4.69, 9.17) is 19.3 Å². The van der Waals surface area contributed by atoms with Gasteiger partial charge in [0, 0.05) is 31.2 Å². The molecule has 0 heterocycles. The third-order valence-corrected chi connectivity index (χ3v) is 4.93. The molecule has 0 aliphatic carbocycles. The number of carboxylic acid groups (broad SMARTS) is 1. The van der Waals surface area contributed by atoms with Gasteiger partial charge in [-0.25, -0.2) is 9.18 Å². The number of ether oxygens (including phenoxy) is 3. The molecule has 0 saturated carbocycles. The van der Waals surface area contributed by atoms with Crippen molar-refractivity contribution in [1.29, 1.82) is 0 Å². The molecule has 34 heavy (non-hydrogen) atoms. The molecule has 0 spiro atoms. The molecule has 1 amide bonds. The van der Waals surface area contributed by atoms with Gasteiger partial charge >= 0.3 is 5.97 Å². The van der Waals surface area contributed by atoms with Gasteiger partial charge in [-0.3, -0.25) is 4.79 Å². The van der Waals surface area contributed by atoms with E-state index >= 15 is 0 Å². The van der Waals surface area contributed by atoms with Crippen LogP contribution in [0.15, 0.2) is 72.8 Å². The van der Waals surface area contributed by atoms with E-state index in [2.05, 4.69) is 5.32 Å². The van der Waals surface area contributed by atoms with E-state index in [9.17, 15) is 14.0 Å². The molecule has 3 rings (SSSR count). The molecule has 0 fully saturated rings. The molecular formula is C26H26FNO6. The highest BCUT2D eigenvalue weighted by Gasteiger charge is 2.16. The quantitative estimate of drug-likeness (QED) is 0.379. The van der Waals surface area contributed by atoms with E-state index in [1.807, 2.05) is 12.1 Å². The first-order valence-corrected chi connectivity index (χ1v) is 10.7. The lowest BCUT2D eigenvalue weighted by Gasteiger charge is -2.11. The molecule has 8 heteroatoms. The van der Waals surface area contributed by atoms with E-state index in [0.29, 0.717) is 36.8 Å². The predicted molar refractivity (Wildman–Crippen MR) is 125 cm³/mol. The molecule has 0 aliphatic rings. The summed E-state index contributed by atoms with van der Waals surface area (Å²) in [7, 11) is 1.37. The number of hydrogen-bond donors (Lipinski definition) is 2. The number of carboxylic acids is 1. The van der Waals surface area contributed by atoms with Gasteiger partial charge in [-0.15, -0.1) is 0 Å². The van der Waals surface area contributed by atoms with Crippen LogP contribution in [0.4, 0.5) is 10.1 Å². The lowest BCUT2D eigenvalue weighted by molar-refractivity contribution is -0.148. The first-order valence-electron chi connectivity index (χ1n) is 10.7. The minimum Gasteiger partial charge on any atom is -0.493 e. The summed E-state index contributed by atoms with van der Waals surface area (Å²) in [6, 6.07) is 19.6. The van der Waals surface area contributed by atoms with Crippen LogP contribution >= 0.6 is 0 Å². The highest BCUT2D eigenvalue weighted by molar-refractivity contribution is 6.04. The minimum atomic E-state index is -0.994. The molecule has 2 N–H and O–H groups in total. The van der Waals surface area contributed by atoms with E-state index in [0.717, 1.165) is 5.56 Å². The van der Waals surface area contributed by atoms with Gasteiger partial charge in [0.1, 0.15) is 17.3 Å². The molecule has 3 aromatic carbocycles. The summed E-state index contributed by atoms with van der Waals surface area (Å²) in [4.78, 5) is 23.2. The molecule has 1 atom stereocenters. The summed E-state index contributed by atoms with van der Waals surface area (Å²) < 4.78 is 29.6. The highest BCUT2D eigenvalue weighted by atomic mass is 19.1. The number of carbonyl (C=O) groups excluding carboxylic acids is 1. The average molecular weight is 467 g/mol. The average Bonchev–Trinajstić information content (AvgIpc) is 2.84. The number of carbonyl (C=O) groups is 2. The standard InChI is InChI=1S/C26H26FNO6/c1-32-24(26(30)31)16-18-6-10-22(11-7-18)33-14-3-15-34-23-12-8-21(9-13-23)28-25(29)19-4-2-5-20(27)17-19/h2,4-13,17,24H,3,14-16H2,1H3,(H,28,29)(H,30,31)/t24-/m0/s1. The molecule has 0 aromatic heterocycles. The van der Waals surface area contributed by atoms with Crippen LogP contribution in [-0.2, 0) is 16.0 Å². The number of anilines is 1. The fourth-order valence-electron chi connectivity index (χ4n) is 3.11. The molecule has 178 valence electrons. The van der Waals surface area contributed by atoms with Crippen molar-refractivity contribution in [2.45, 2.75) is 18.9 Å². The predicted octanol–water partition coefficient (Wildman–Crippen LogP) is 4.57. The Labute approximate surface area is 197 Å². The van der Waals surface area contributed by atoms with Crippen LogP contribution in [-0.4, -0.2) is 43.4 Å². The Morgan fingerprint density at radius 1 is 0.941 bits per heavy atom. The SMILES string of the molecule is CO[C@@H](Cc1ccc(OCCCOc2ccc(NC(=O)c3cccc(F)c3)cc2)cc1)C(=O)O. The summed E-state index contributed by atoms with van der Waals surface area (Å²) in [5, 5.41) is 11.8. The van der Waals surface area contributed by atoms with E-state index in [1.54, 1.807) is 42.5 Å². The fraction of sp³-hybridized carbons (Fsp3) is 0.231. The maximum Gasteiger partial charge on any atom is 0.333 e. The summed E-state index contributed by atoms with van der Waals surface area (Å²) >= 11 is 0. The Balaban J connectivity index is 1.36. The van der Waals surface area contributed by atoms with Crippen LogP contribution in [0, 0.1) is 5.82 Å². The Kier molecular flexibility index (Phi) is 8.99. The number of hydrogen-bond acceptors (Lipinski definition) is 5. The van der Waals surface area contributed by atoms with Gasteiger partial charge in [0.05, 0.1) is 13.2 Å². The lowest BCUT2D eigenvalue weighted by atomic mass is 10.1. The van der Waals surface area contributed by atoms with Crippen molar-refractivity contribution >= 4 is 17.6 Å². The number of amides is 1. The number of halogens is 1. The lowest BCUT2D eigenvalue weighted by Crippen LogP contribution is -2.24. The largest absolute Gasteiger partial charge is 0.493 e. The zero-order valence-corrected chi connectivity index (χ0v) is 18.7. The van der Waals surface area contributed by atoms with Crippen molar-refractivity contribution in [3.05, 3.63) is 89.7 Å². The van der Waals surface area contributed by atoms with Gasteiger partial charge < -0.3 is 24.6 Å². The normalized spacial score (nSPS) is 11.5. The molecular weight excluding hydrogens is 441 g/mol. The molecule has 0 unspecified atom stereocenters. The van der Waals surface area contributed by atoms with Crippen LogP contribution in [0.25, 0.3) is 0 Å². The molecule has 0 saturated heterocycles. The summed E-state index contributed by atoms with van der Waals surface area (Å²) in [5.74, 6) is -0.510. The minimum absolute atomic E-state index is 0.245. The van der Waals surface area contributed by atoms with Crippen LogP contribution in [0.5, 0.6) is 11.5 Å². The van der Waals surface area contributed by atoms with Crippen LogP contribution < -0.4 is 14.8 Å². The Bertz CT molecular complexity index is 1090. The second kappa shape index (κ2) is 12.4. The van der Waals surface area contributed by atoms with E-state index < -0.39 is 23.8 Å². The van der Waals surface area contributed by atoms with Crippen molar-refractivity contribution in [2.24, 2.45) is 0 Å². The highest BCUT2D eigenvalue weighted by Crippen LogP contribution is 2.18. The van der Waals surface area contributed by atoms with Crippen LogP contribution in [0.2, 0.25) is 0 Å². The number of methoxy groups -OCH3 is 1. The van der Waals surface area contributed by atoms with Crippen LogP contribution in [0.3, 0.4) is 0 Å². The topological polar surface area (TPSA) is 94.1 Å². The summed E-state index contributed by atoms with van der Waals surface area (Å²) in [6.07, 6.45) is 0.0698. The fourth-order valence-corrected chi connectivity index (χ4v) is 3.11. The third-order valence-electron chi connectivity index (χ3n) is 4.93. The summed E-state index contributed by atoms with van der Waals surface area (Å²) in [5.41, 5.74) is 1.67. The Morgan fingerprint density at radius 3 is 2.12 bits per heavy atom. The molecule has 0 radical (unpaired) electrons. The Morgan fingerprint density at radius 2 is 1.56 bits per heavy atom. The maximum absolute atomic E-state index is 13.3. The monoisotopic (exact) mass is 467 g/mol. The number of aliphatic carboxylic acids is 1. The first kappa shape index (κ1) is 24.7. The van der Waals surface area contributed by atoms with Crippen molar-refractivity contribution in [1.82, 2.24) is 0 Å². The second-order valence-electron chi connectivity index (χ2n) is 7.45. The zero-order chi connectivity index (χ0) is 24.3. The van der Waals surface area contributed by atoms with Gasteiger partial charge in [0.2, 0.25) is 0 Å².